The molecule has 0 aliphatic heterocycles. The minimum atomic E-state index is -0.281. The first-order valence-electron chi connectivity index (χ1n) is 5.47. The molecule has 0 aliphatic carbocycles. The fourth-order valence-electron chi connectivity index (χ4n) is 1.82. The molecule has 1 unspecified atom stereocenters. The summed E-state index contributed by atoms with van der Waals surface area (Å²) in [5.74, 6) is 0.478. The number of nitrogens with zero attached hydrogens (tertiary/aromatic N) is 2. The van der Waals surface area contributed by atoms with E-state index in [-0.39, 0.29) is 6.04 Å². The minimum Gasteiger partial charge on any atom is -0.383 e. The molecule has 1 atom stereocenters. The van der Waals surface area contributed by atoms with E-state index in [0.29, 0.717) is 5.82 Å². The van der Waals surface area contributed by atoms with E-state index in [4.69, 9.17) is 11.5 Å². The van der Waals surface area contributed by atoms with Crippen LogP contribution >= 0.6 is 0 Å². The third-order valence-corrected chi connectivity index (χ3v) is 2.84. The van der Waals surface area contributed by atoms with Crippen LogP contribution in [0.2, 0.25) is 0 Å². The van der Waals surface area contributed by atoms with Gasteiger partial charge in [-0.3, -0.25) is 4.98 Å². The third kappa shape index (κ3) is 2.26. The molecule has 17 heavy (non-hydrogen) atoms. The zero-order valence-corrected chi connectivity index (χ0v) is 10.0. The summed E-state index contributed by atoms with van der Waals surface area (Å²) in [4.78, 5) is 8.24. The lowest BCUT2D eigenvalue weighted by molar-refractivity contribution is 0.847. The van der Waals surface area contributed by atoms with E-state index in [1.165, 1.54) is 0 Å². The second-order valence-corrected chi connectivity index (χ2v) is 4.20. The van der Waals surface area contributed by atoms with Crippen molar-refractivity contribution in [3.05, 3.63) is 53.0 Å². The quantitative estimate of drug-likeness (QED) is 0.820. The van der Waals surface area contributed by atoms with Gasteiger partial charge < -0.3 is 11.5 Å². The highest BCUT2D eigenvalue weighted by Crippen LogP contribution is 2.25. The molecule has 0 saturated heterocycles. The molecule has 0 bridgehead atoms. The van der Waals surface area contributed by atoms with Crippen LogP contribution in [0.25, 0.3) is 0 Å². The Balaban J connectivity index is 2.47. The summed E-state index contributed by atoms with van der Waals surface area (Å²) in [6.07, 6.45) is 5.27. The van der Waals surface area contributed by atoms with Crippen LogP contribution in [0.3, 0.4) is 0 Å². The van der Waals surface area contributed by atoms with Gasteiger partial charge in [-0.05, 0) is 42.7 Å². The van der Waals surface area contributed by atoms with Crippen molar-refractivity contribution in [1.29, 1.82) is 0 Å². The summed E-state index contributed by atoms with van der Waals surface area (Å²) < 4.78 is 0. The maximum Gasteiger partial charge on any atom is 0.128 e. The molecule has 2 heterocycles. The Bertz CT molecular complexity index is 537. The van der Waals surface area contributed by atoms with Gasteiger partial charge in [-0.25, -0.2) is 4.98 Å². The lowest BCUT2D eigenvalue weighted by Gasteiger charge is -2.16. The number of rotatable bonds is 2. The zero-order chi connectivity index (χ0) is 12.4. The number of hydrogen-bond donors (Lipinski definition) is 2. The number of pyridine rings is 2. The van der Waals surface area contributed by atoms with Crippen molar-refractivity contribution in [2.24, 2.45) is 5.73 Å². The number of aryl methyl sites for hydroxylation is 2. The van der Waals surface area contributed by atoms with E-state index in [2.05, 4.69) is 9.97 Å². The molecule has 2 aromatic rings. The Hall–Kier alpha value is -1.94. The molecule has 4 heteroatoms. The third-order valence-electron chi connectivity index (χ3n) is 2.84. The van der Waals surface area contributed by atoms with E-state index in [1.807, 2.05) is 26.0 Å². The zero-order valence-electron chi connectivity index (χ0n) is 10.0. The van der Waals surface area contributed by atoms with Crippen molar-refractivity contribution in [3.8, 4) is 0 Å². The number of anilines is 1. The van der Waals surface area contributed by atoms with Crippen molar-refractivity contribution in [3.63, 3.8) is 0 Å². The van der Waals surface area contributed by atoms with Crippen LogP contribution in [0.5, 0.6) is 0 Å². The van der Waals surface area contributed by atoms with Crippen molar-refractivity contribution in [2.45, 2.75) is 19.9 Å². The fraction of sp³-hybridized carbons (Fsp3) is 0.231. The van der Waals surface area contributed by atoms with Gasteiger partial charge in [0.2, 0.25) is 0 Å². The highest BCUT2D eigenvalue weighted by molar-refractivity contribution is 5.47. The van der Waals surface area contributed by atoms with Gasteiger partial charge in [-0.1, -0.05) is 0 Å². The second kappa shape index (κ2) is 4.51. The molecule has 0 aliphatic rings. The topological polar surface area (TPSA) is 77.8 Å². The average molecular weight is 228 g/mol. The molecule has 0 amide bonds. The fourth-order valence-corrected chi connectivity index (χ4v) is 1.82. The number of nitrogen functional groups attached to an aromatic ring is 1. The van der Waals surface area contributed by atoms with E-state index >= 15 is 0 Å². The monoisotopic (exact) mass is 228 g/mol. The summed E-state index contributed by atoms with van der Waals surface area (Å²) in [5, 5.41) is 0. The molecule has 0 spiro atoms. The van der Waals surface area contributed by atoms with Crippen LogP contribution in [0.15, 0.2) is 30.7 Å². The van der Waals surface area contributed by atoms with Crippen molar-refractivity contribution >= 4 is 5.82 Å². The van der Waals surface area contributed by atoms with Crippen LogP contribution in [-0.4, -0.2) is 9.97 Å². The summed E-state index contributed by atoms with van der Waals surface area (Å²) in [5.41, 5.74) is 16.1. The first-order chi connectivity index (χ1) is 8.09. The summed E-state index contributed by atoms with van der Waals surface area (Å²) in [7, 11) is 0. The van der Waals surface area contributed by atoms with Gasteiger partial charge in [0.1, 0.15) is 5.82 Å². The molecule has 0 aromatic carbocycles. The molecule has 4 N–H and O–H groups in total. The summed E-state index contributed by atoms with van der Waals surface area (Å²) in [6, 6.07) is 3.63. The van der Waals surface area contributed by atoms with Crippen LogP contribution in [0.1, 0.15) is 28.3 Å². The highest BCUT2D eigenvalue weighted by atomic mass is 14.8. The predicted octanol–water partition coefficient (Wildman–Crippen LogP) is 1.72. The molecule has 88 valence electrons. The molecular weight excluding hydrogens is 212 g/mol. The molecule has 2 rings (SSSR count). The molecular formula is C13H16N4. The predicted molar refractivity (Wildman–Crippen MR) is 68.4 cm³/mol. The molecule has 0 saturated carbocycles. The lowest BCUT2D eigenvalue weighted by atomic mass is 9.97. The maximum atomic E-state index is 6.23. The van der Waals surface area contributed by atoms with Gasteiger partial charge in [-0.2, -0.15) is 0 Å². The van der Waals surface area contributed by atoms with Crippen molar-refractivity contribution < 1.29 is 0 Å². The largest absolute Gasteiger partial charge is 0.383 e. The first kappa shape index (κ1) is 11.5. The average Bonchev–Trinajstić information content (AvgIpc) is 2.32. The van der Waals surface area contributed by atoms with E-state index in [1.54, 1.807) is 18.6 Å². The van der Waals surface area contributed by atoms with Crippen LogP contribution in [-0.2, 0) is 0 Å². The van der Waals surface area contributed by atoms with Crippen LogP contribution in [0, 0.1) is 13.8 Å². The smallest absolute Gasteiger partial charge is 0.128 e. The summed E-state index contributed by atoms with van der Waals surface area (Å²) >= 11 is 0. The number of nitrogens with two attached hydrogens (primary N) is 2. The molecule has 0 radical (unpaired) electrons. The first-order valence-corrected chi connectivity index (χ1v) is 5.47. The Morgan fingerprint density at radius 1 is 1.18 bits per heavy atom. The molecule has 2 aromatic heterocycles. The Labute approximate surface area is 101 Å². The standard InChI is InChI=1S/C13H16N4/c1-8-5-10(13(15)17-6-8)12(14)11-7-16-4-3-9(11)2/h3-7,12H,14H2,1-2H3,(H2,15,17). The van der Waals surface area contributed by atoms with E-state index in [9.17, 15) is 0 Å². The van der Waals surface area contributed by atoms with Crippen molar-refractivity contribution in [2.75, 3.05) is 5.73 Å². The van der Waals surface area contributed by atoms with Crippen LogP contribution < -0.4 is 11.5 Å². The molecule has 4 nitrogen and oxygen atoms in total. The van der Waals surface area contributed by atoms with Gasteiger partial charge in [0, 0.05) is 24.2 Å². The normalized spacial score (nSPS) is 12.4. The summed E-state index contributed by atoms with van der Waals surface area (Å²) in [6.45, 7) is 3.98. The van der Waals surface area contributed by atoms with Gasteiger partial charge in [0.05, 0.1) is 6.04 Å². The Morgan fingerprint density at radius 3 is 2.65 bits per heavy atom. The SMILES string of the molecule is Cc1cnc(N)c(C(N)c2cnccc2C)c1. The van der Waals surface area contributed by atoms with Crippen molar-refractivity contribution in [1.82, 2.24) is 9.97 Å². The van der Waals surface area contributed by atoms with E-state index < -0.39 is 0 Å². The Morgan fingerprint density at radius 2 is 1.94 bits per heavy atom. The van der Waals surface area contributed by atoms with E-state index in [0.717, 1.165) is 22.3 Å². The van der Waals surface area contributed by atoms with Gasteiger partial charge in [0.25, 0.3) is 0 Å². The Kier molecular flexibility index (Phi) is 3.06. The minimum absolute atomic E-state index is 0.281. The lowest BCUT2D eigenvalue weighted by Crippen LogP contribution is -2.16. The molecule has 0 fully saturated rings. The number of aromatic nitrogens is 2. The maximum absolute atomic E-state index is 6.23. The number of hydrogen-bond acceptors (Lipinski definition) is 4. The van der Waals surface area contributed by atoms with Gasteiger partial charge in [0.15, 0.2) is 0 Å². The second-order valence-electron chi connectivity index (χ2n) is 4.20. The van der Waals surface area contributed by atoms with Gasteiger partial charge in [-0.15, -0.1) is 0 Å². The van der Waals surface area contributed by atoms with Crippen LogP contribution in [0.4, 0.5) is 5.82 Å². The van der Waals surface area contributed by atoms with Gasteiger partial charge >= 0.3 is 0 Å². The highest BCUT2D eigenvalue weighted by Gasteiger charge is 2.15.